The number of imidazole rings is 1. The second-order valence-electron chi connectivity index (χ2n) is 5.66. The molecule has 0 aliphatic rings. The summed E-state index contributed by atoms with van der Waals surface area (Å²) in [5, 5.41) is 9.81. The van der Waals surface area contributed by atoms with Gasteiger partial charge in [-0.15, -0.1) is 11.3 Å². The van der Waals surface area contributed by atoms with E-state index in [9.17, 15) is 9.18 Å². The summed E-state index contributed by atoms with van der Waals surface area (Å²) in [4.78, 5) is 18.9. The van der Waals surface area contributed by atoms with Crippen molar-refractivity contribution in [2.24, 2.45) is 0 Å². The number of nitrogens with zero attached hydrogens (tertiary/aromatic N) is 3. The summed E-state index contributed by atoms with van der Waals surface area (Å²) in [5.41, 5.74) is 1.81. The molecular weight excluding hydrogens is 353 g/mol. The quantitative estimate of drug-likeness (QED) is 0.572. The minimum atomic E-state index is -0.354. The first kappa shape index (κ1) is 16.2. The Bertz CT molecular complexity index is 1060. The van der Waals surface area contributed by atoms with Crippen LogP contribution in [0.25, 0.3) is 16.3 Å². The molecule has 0 fully saturated rings. The van der Waals surface area contributed by atoms with Crippen LogP contribution in [0.15, 0.2) is 55.0 Å². The molecule has 3 aromatic heterocycles. The first-order valence-electron chi connectivity index (χ1n) is 7.82. The van der Waals surface area contributed by atoms with Crippen molar-refractivity contribution in [3.8, 4) is 16.3 Å². The second kappa shape index (κ2) is 6.57. The maximum Gasteiger partial charge on any atom is 0.275 e. The SMILES string of the molecule is Cc1ccc(-c2cc(NC(=O)c3cncn3-c3ccc(F)cc3)n[nH]2)s1. The van der Waals surface area contributed by atoms with E-state index in [1.807, 2.05) is 19.1 Å². The number of aromatic amines is 1. The van der Waals surface area contributed by atoms with Gasteiger partial charge in [0.25, 0.3) is 5.91 Å². The Kier molecular flexibility index (Phi) is 4.10. The van der Waals surface area contributed by atoms with Gasteiger partial charge in [0.2, 0.25) is 0 Å². The predicted octanol–water partition coefficient (Wildman–Crippen LogP) is 4.02. The second-order valence-corrected chi connectivity index (χ2v) is 6.94. The van der Waals surface area contributed by atoms with Gasteiger partial charge in [0.05, 0.1) is 23.1 Å². The van der Waals surface area contributed by atoms with Gasteiger partial charge in [-0.05, 0) is 43.3 Å². The Morgan fingerprint density at radius 1 is 1.23 bits per heavy atom. The number of amides is 1. The van der Waals surface area contributed by atoms with E-state index in [1.54, 1.807) is 34.1 Å². The van der Waals surface area contributed by atoms with Gasteiger partial charge in [-0.25, -0.2) is 9.37 Å². The molecule has 0 bridgehead atoms. The summed E-state index contributed by atoms with van der Waals surface area (Å²) in [7, 11) is 0. The van der Waals surface area contributed by atoms with Gasteiger partial charge in [-0.2, -0.15) is 5.10 Å². The molecule has 4 aromatic rings. The molecular formula is C18H14FN5OS. The van der Waals surface area contributed by atoms with Crippen LogP contribution in [0.5, 0.6) is 0 Å². The summed E-state index contributed by atoms with van der Waals surface area (Å²) >= 11 is 1.64. The van der Waals surface area contributed by atoms with Crippen molar-refractivity contribution in [2.45, 2.75) is 6.92 Å². The zero-order chi connectivity index (χ0) is 18.1. The number of nitrogens with one attached hydrogen (secondary N) is 2. The van der Waals surface area contributed by atoms with Crippen LogP contribution in [0.2, 0.25) is 0 Å². The summed E-state index contributed by atoms with van der Waals surface area (Å²) < 4.78 is 14.7. The van der Waals surface area contributed by atoms with Crippen molar-refractivity contribution in [3.05, 3.63) is 71.4 Å². The average Bonchev–Trinajstić information content (AvgIpc) is 3.35. The zero-order valence-corrected chi connectivity index (χ0v) is 14.5. The molecule has 0 unspecified atom stereocenters. The number of carbonyl (C=O) groups excluding carboxylic acids is 1. The molecule has 3 heterocycles. The van der Waals surface area contributed by atoms with Gasteiger partial charge >= 0.3 is 0 Å². The van der Waals surface area contributed by atoms with E-state index in [1.165, 1.54) is 29.5 Å². The van der Waals surface area contributed by atoms with E-state index in [0.29, 0.717) is 17.2 Å². The first-order valence-corrected chi connectivity index (χ1v) is 8.63. The Balaban J connectivity index is 1.55. The molecule has 0 atom stereocenters. The molecule has 6 nitrogen and oxygen atoms in total. The van der Waals surface area contributed by atoms with E-state index in [-0.39, 0.29) is 11.7 Å². The van der Waals surface area contributed by atoms with Crippen molar-refractivity contribution in [1.29, 1.82) is 0 Å². The number of halogens is 1. The number of thiophene rings is 1. The van der Waals surface area contributed by atoms with Gasteiger partial charge in [0, 0.05) is 16.6 Å². The third kappa shape index (κ3) is 3.14. The highest BCUT2D eigenvalue weighted by molar-refractivity contribution is 7.15. The van der Waals surface area contributed by atoms with Crippen molar-refractivity contribution < 1.29 is 9.18 Å². The summed E-state index contributed by atoms with van der Waals surface area (Å²) in [6, 6.07) is 11.6. The van der Waals surface area contributed by atoms with E-state index in [2.05, 4.69) is 20.5 Å². The number of carbonyl (C=O) groups is 1. The zero-order valence-electron chi connectivity index (χ0n) is 13.7. The number of benzene rings is 1. The van der Waals surface area contributed by atoms with Crippen molar-refractivity contribution in [2.75, 3.05) is 5.32 Å². The molecule has 0 saturated heterocycles. The summed E-state index contributed by atoms with van der Waals surface area (Å²) in [5.74, 6) is -0.275. The van der Waals surface area contributed by atoms with Crippen LogP contribution in [-0.2, 0) is 0 Å². The van der Waals surface area contributed by atoms with Crippen molar-refractivity contribution in [1.82, 2.24) is 19.7 Å². The monoisotopic (exact) mass is 367 g/mol. The Morgan fingerprint density at radius 3 is 2.77 bits per heavy atom. The summed E-state index contributed by atoms with van der Waals surface area (Å²) in [6.45, 7) is 2.03. The maximum atomic E-state index is 13.1. The maximum absolute atomic E-state index is 13.1. The lowest BCUT2D eigenvalue weighted by Gasteiger charge is -2.07. The van der Waals surface area contributed by atoms with Crippen LogP contribution in [-0.4, -0.2) is 25.7 Å². The Morgan fingerprint density at radius 2 is 2.04 bits per heavy atom. The molecule has 0 spiro atoms. The highest BCUT2D eigenvalue weighted by Crippen LogP contribution is 2.27. The summed E-state index contributed by atoms with van der Waals surface area (Å²) in [6.07, 6.45) is 2.96. The van der Waals surface area contributed by atoms with Crippen molar-refractivity contribution in [3.63, 3.8) is 0 Å². The van der Waals surface area contributed by atoms with E-state index in [0.717, 1.165) is 10.6 Å². The lowest BCUT2D eigenvalue weighted by atomic mass is 10.3. The number of rotatable bonds is 4. The van der Waals surface area contributed by atoms with Gasteiger partial charge in [-0.1, -0.05) is 0 Å². The number of aryl methyl sites for hydroxylation is 1. The number of hydrogen-bond acceptors (Lipinski definition) is 4. The standard InChI is InChI=1S/C18H14FN5OS/c1-11-2-7-16(26-11)14-8-17(23-22-14)21-18(25)15-9-20-10-24(15)13-5-3-12(19)4-6-13/h2-10H,1H3,(H2,21,22,23,25). The number of hydrogen-bond donors (Lipinski definition) is 2. The molecule has 1 aromatic carbocycles. The third-order valence-corrected chi connectivity index (χ3v) is 4.84. The van der Waals surface area contributed by atoms with Gasteiger partial charge < -0.3 is 5.32 Å². The first-order chi connectivity index (χ1) is 12.6. The predicted molar refractivity (Wildman–Crippen MR) is 98.1 cm³/mol. The molecule has 130 valence electrons. The van der Waals surface area contributed by atoms with E-state index < -0.39 is 0 Å². The Labute approximate surface area is 152 Å². The Hall–Kier alpha value is -3.26. The highest BCUT2D eigenvalue weighted by Gasteiger charge is 2.15. The van der Waals surface area contributed by atoms with E-state index in [4.69, 9.17) is 0 Å². The van der Waals surface area contributed by atoms with Crippen molar-refractivity contribution >= 4 is 23.1 Å². The smallest absolute Gasteiger partial charge is 0.275 e. The largest absolute Gasteiger partial charge is 0.304 e. The fourth-order valence-electron chi connectivity index (χ4n) is 2.54. The fraction of sp³-hybridized carbons (Fsp3) is 0.0556. The van der Waals surface area contributed by atoms with Crippen LogP contribution in [0.4, 0.5) is 10.2 Å². The third-order valence-electron chi connectivity index (χ3n) is 3.80. The average molecular weight is 367 g/mol. The van der Waals surface area contributed by atoms with Gasteiger partial charge in [-0.3, -0.25) is 14.5 Å². The molecule has 4 rings (SSSR count). The minimum absolute atomic E-state index is 0.327. The van der Waals surface area contributed by atoms with E-state index >= 15 is 0 Å². The molecule has 0 saturated carbocycles. The number of anilines is 1. The highest BCUT2D eigenvalue weighted by atomic mass is 32.1. The van der Waals surface area contributed by atoms with Crippen LogP contribution < -0.4 is 5.32 Å². The molecule has 0 aliphatic carbocycles. The molecule has 2 N–H and O–H groups in total. The normalized spacial score (nSPS) is 10.8. The molecule has 26 heavy (non-hydrogen) atoms. The lowest BCUT2D eigenvalue weighted by Crippen LogP contribution is -2.16. The molecule has 0 aliphatic heterocycles. The molecule has 0 radical (unpaired) electrons. The van der Waals surface area contributed by atoms with Crippen LogP contribution >= 0.6 is 11.3 Å². The van der Waals surface area contributed by atoms with Crippen LogP contribution in [0.3, 0.4) is 0 Å². The minimum Gasteiger partial charge on any atom is -0.304 e. The topological polar surface area (TPSA) is 75.6 Å². The van der Waals surface area contributed by atoms with Gasteiger partial charge in [0.1, 0.15) is 11.5 Å². The van der Waals surface area contributed by atoms with Crippen LogP contribution in [0, 0.1) is 12.7 Å². The fourth-order valence-corrected chi connectivity index (χ4v) is 3.38. The number of H-pyrrole nitrogens is 1. The van der Waals surface area contributed by atoms with Crippen LogP contribution in [0.1, 0.15) is 15.4 Å². The number of aromatic nitrogens is 4. The lowest BCUT2D eigenvalue weighted by molar-refractivity contribution is 0.102. The van der Waals surface area contributed by atoms with Gasteiger partial charge in [0.15, 0.2) is 5.82 Å². The molecule has 1 amide bonds. The molecule has 8 heteroatoms.